The third-order valence-corrected chi connectivity index (χ3v) is 3.83. The molecule has 1 aromatic carbocycles. The van der Waals surface area contributed by atoms with Gasteiger partial charge in [0.2, 0.25) is 5.91 Å². The molecule has 0 bridgehead atoms. The lowest BCUT2D eigenvalue weighted by molar-refractivity contribution is -0.145. The standard InChI is InChI=1S/C15H19F2NO3S/c1-9(2)6-12(15(20)21-3)18-14(19)8-22-13-5-4-10(16)7-11(13)17/h4-5,7,9,12H,6,8H2,1-3H3,(H,18,19). The molecule has 0 aliphatic rings. The van der Waals surface area contributed by atoms with Crippen molar-refractivity contribution in [3.63, 3.8) is 0 Å². The van der Waals surface area contributed by atoms with E-state index in [-0.39, 0.29) is 16.6 Å². The molecule has 7 heteroatoms. The molecule has 22 heavy (non-hydrogen) atoms. The molecule has 1 N–H and O–H groups in total. The Morgan fingerprint density at radius 3 is 2.55 bits per heavy atom. The van der Waals surface area contributed by atoms with Crippen LogP contribution in [-0.4, -0.2) is 30.8 Å². The molecule has 1 aromatic rings. The summed E-state index contributed by atoms with van der Waals surface area (Å²) < 4.78 is 30.9. The van der Waals surface area contributed by atoms with Crippen molar-refractivity contribution in [3.05, 3.63) is 29.8 Å². The van der Waals surface area contributed by atoms with Crippen LogP contribution in [0.25, 0.3) is 0 Å². The molecule has 0 radical (unpaired) electrons. The van der Waals surface area contributed by atoms with Crippen LogP contribution in [0.4, 0.5) is 8.78 Å². The van der Waals surface area contributed by atoms with Crippen LogP contribution in [-0.2, 0) is 14.3 Å². The highest BCUT2D eigenvalue weighted by molar-refractivity contribution is 8.00. The second kappa shape index (κ2) is 8.73. The maximum Gasteiger partial charge on any atom is 0.328 e. The zero-order valence-electron chi connectivity index (χ0n) is 12.7. The van der Waals surface area contributed by atoms with Gasteiger partial charge in [0.25, 0.3) is 0 Å². The number of rotatable bonds is 7. The zero-order valence-corrected chi connectivity index (χ0v) is 13.5. The fourth-order valence-corrected chi connectivity index (χ4v) is 2.53. The molecule has 0 aromatic heterocycles. The van der Waals surface area contributed by atoms with Gasteiger partial charge in [0, 0.05) is 11.0 Å². The number of carbonyl (C=O) groups is 2. The first-order chi connectivity index (χ1) is 10.3. The predicted octanol–water partition coefficient (Wildman–Crippen LogP) is 2.76. The molecule has 0 aliphatic carbocycles. The summed E-state index contributed by atoms with van der Waals surface area (Å²) in [4.78, 5) is 23.6. The molecule has 4 nitrogen and oxygen atoms in total. The minimum Gasteiger partial charge on any atom is -0.467 e. The summed E-state index contributed by atoms with van der Waals surface area (Å²) in [6.45, 7) is 3.84. The van der Waals surface area contributed by atoms with Crippen molar-refractivity contribution in [2.45, 2.75) is 31.2 Å². The van der Waals surface area contributed by atoms with Crippen molar-refractivity contribution < 1.29 is 23.1 Å². The lowest BCUT2D eigenvalue weighted by atomic mass is 10.0. The van der Waals surface area contributed by atoms with E-state index in [4.69, 9.17) is 0 Å². The number of nitrogens with one attached hydrogen (secondary N) is 1. The molecule has 0 fully saturated rings. The molecule has 0 aliphatic heterocycles. The van der Waals surface area contributed by atoms with Crippen molar-refractivity contribution in [1.82, 2.24) is 5.32 Å². The van der Waals surface area contributed by atoms with E-state index in [0.717, 1.165) is 23.9 Å². The van der Waals surface area contributed by atoms with Crippen LogP contribution in [0.5, 0.6) is 0 Å². The third-order valence-electron chi connectivity index (χ3n) is 2.78. The summed E-state index contributed by atoms with van der Waals surface area (Å²) in [5.74, 6) is -2.19. The van der Waals surface area contributed by atoms with Gasteiger partial charge in [0.05, 0.1) is 12.9 Å². The van der Waals surface area contributed by atoms with E-state index >= 15 is 0 Å². The highest BCUT2D eigenvalue weighted by Crippen LogP contribution is 2.22. The Hall–Kier alpha value is -1.63. The maximum absolute atomic E-state index is 13.5. The molecular weight excluding hydrogens is 312 g/mol. The van der Waals surface area contributed by atoms with Crippen molar-refractivity contribution in [3.8, 4) is 0 Å². The molecule has 0 saturated heterocycles. The molecule has 0 saturated carbocycles. The van der Waals surface area contributed by atoms with Crippen molar-refractivity contribution in [2.75, 3.05) is 12.9 Å². The average molecular weight is 331 g/mol. The number of benzene rings is 1. The maximum atomic E-state index is 13.5. The van der Waals surface area contributed by atoms with E-state index < -0.39 is 29.6 Å². The lowest BCUT2D eigenvalue weighted by Gasteiger charge is -2.18. The number of halogens is 2. The summed E-state index contributed by atoms with van der Waals surface area (Å²) in [7, 11) is 1.25. The Morgan fingerprint density at radius 1 is 1.32 bits per heavy atom. The van der Waals surface area contributed by atoms with Gasteiger partial charge in [-0.3, -0.25) is 4.79 Å². The topological polar surface area (TPSA) is 55.4 Å². The number of amides is 1. The quantitative estimate of drug-likeness (QED) is 0.617. The van der Waals surface area contributed by atoms with Crippen LogP contribution in [0.15, 0.2) is 23.1 Å². The van der Waals surface area contributed by atoms with Crippen LogP contribution in [0, 0.1) is 17.6 Å². The zero-order chi connectivity index (χ0) is 16.7. The highest BCUT2D eigenvalue weighted by Gasteiger charge is 2.22. The fraction of sp³-hybridized carbons (Fsp3) is 0.467. The number of hydrogen-bond donors (Lipinski definition) is 1. The van der Waals surface area contributed by atoms with Gasteiger partial charge < -0.3 is 10.1 Å². The van der Waals surface area contributed by atoms with Gasteiger partial charge in [-0.2, -0.15) is 0 Å². The smallest absolute Gasteiger partial charge is 0.328 e. The predicted molar refractivity (Wildman–Crippen MR) is 80.5 cm³/mol. The van der Waals surface area contributed by atoms with Crippen LogP contribution in [0.1, 0.15) is 20.3 Å². The summed E-state index contributed by atoms with van der Waals surface area (Å²) in [6, 6.07) is 2.43. The Morgan fingerprint density at radius 2 is 2.00 bits per heavy atom. The monoisotopic (exact) mass is 331 g/mol. The molecule has 1 amide bonds. The Bertz CT molecular complexity index is 538. The van der Waals surface area contributed by atoms with Crippen molar-refractivity contribution >= 4 is 23.6 Å². The van der Waals surface area contributed by atoms with Gasteiger partial charge in [0.1, 0.15) is 17.7 Å². The van der Waals surface area contributed by atoms with Crippen LogP contribution < -0.4 is 5.32 Å². The first-order valence-electron chi connectivity index (χ1n) is 6.78. The third kappa shape index (κ3) is 6.01. The first kappa shape index (κ1) is 18.4. The second-order valence-corrected chi connectivity index (χ2v) is 6.15. The number of methoxy groups -OCH3 is 1. The van der Waals surface area contributed by atoms with Gasteiger partial charge in [-0.25, -0.2) is 13.6 Å². The number of carbonyl (C=O) groups excluding carboxylic acids is 2. The van der Waals surface area contributed by atoms with Gasteiger partial charge >= 0.3 is 5.97 Å². The van der Waals surface area contributed by atoms with Crippen LogP contribution in [0.2, 0.25) is 0 Å². The van der Waals surface area contributed by atoms with Gasteiger partial charge in [-0.15, -0.1) is 11.8 Å². The molecular formula is C15H19F2NO3S. The van der Waals surface area contributed by atoms with Crippen molar-refractivity contribution in [2.24, 2.45) is 5.92 Å². The summed E-state index contributed by atoms with van der Waals surface area (Å²) >= 11 is 0.938. The molecule has 1 rings (SSSR count). The average Bonchev–Trinajstić information content (AvgIpc) is 2.44. The molecule has 122 valence electrons. The Balaban J connectivity index is 2.58. The summed E-state index contributed by atoms with van der Waals surface area (Å²) in [6.07, 6.45) is 0.452. The Labute approximate surface area is 132 Å². The minimum absolute atomic E-state index is 0.0753. The number of esters is 1. The van der Waals surface area contributed by atoms with E-state index in [1.165, 1.54) is 13.2 Å². The normalized spacial score (nSPS) is 12.1. The fourth-order valence-electron chi connectivity index (χ4n) is 1.80. The number of thioether (sulfide) groups is 1. The van der Waals surface area contributed by atoms with E-state index in [2.05, 4.69) is 10.1 Å². The minimum atomic E-state index is -0.726. The number of hydrogen-bond acceptors (Lipinski definition) is 4. The SMILES string of the molecule is COC(=O)C(CC(C)C)NC(=O)CSc1ccc(F)cc1F. The van der Waals surface area contributed by atoms with Crippen LogP contribution >= 0.6 is 11.8 Å². The largest absolute Gasteiger partial charge is 0.467 e. The summed E-state index contributed by atoms with van der Waals surface area (Å²) in [5, 5.41) is 2.57. The van der Waals surface area contributed by atoms with Crippen molar-refractivity contribution in [1.29, 1.82) is 0 Å². The highest BCUT2D eigenvalue weighted by atomic mass is 32.2. The Kier molecular flexibility index (Phi) is 7.31. The van der Waals surface area contributed by atoms with E-state index in [1.54, 1.807) is 0 Å². The number of ether oxygens (including phenoxy) is 1. The van der Waals surface area contributed by atoms with Crippen LogP contribution in [0.3, 0.4) is 0 Å². The molecule has 0 heterocycles. The second-order valence-electron chi connectivity index (χ2n) is 5.14. The first-order valence-corrected chi connectivity index (χ1v) is 7.77. The van der Waals surface area contributed by atoms with E-state index in [1.807, 2.05) is 13.8 Å². The molecule has 1 atom stereocenters. The van der Waals surface area contributed by atoms with E-state index in [0.29, 0.717) is 6.42 Å². The van der Waals surface area contributed by atoms with E-state index in [9.17, 15) is 18.4 Å². The van der Waals surface area contributed by atoms with Gasteiger partial charge in [-0.05, 0) is 24.5 Å². The molecule has 1 unspecified atom stereocenters. The lowest BCUT2D eigenvalue weighted by Crippen LogP contribution is -2.43. The summed E-state index contributed by atoms with van der Waals surface area (Å²) in [5.41, 5.74) is 0. The molecule has 0 spiro atoms. The van der Waals surface area contributed by atoms with Gasteiger partial charge in [-0.1, -0.05) is 13.8 Å². The van der Waals surface area contributed by atoms with Gasteiger partial charge in [0.15, 0.2) is 0 Å².